The van der Waals surface area contributed by atoms with E-state index < -0.39 is 5.60 Å². The highest BCUT2D eigenvalue weighted by atomic mass is 16.6. The number of carbonyl (C=O) groups excluding carboxylic acids is 1. The zero-order chi connectivity index (χ0) is 16.3. The van der Waals surface area contributed by atoms with Gasteiger partial charge in [0.05, 0.1) is 0 Å². The van der Waals surface area contributed by atoms with Crippen LogP contribution in [-0.4, -0.2) is 29.7 Å². The van der Waals surface area contributed by atoms with Gasteiger partial charge in [0, 0.05) is 19.1 Å². The number of carbonyl (C=O) groups is 1. The predicted octanol–water partition coefficient (Wildman–Crippen LogP) is 3.51. The second-order valence-corrected chi connectivity index (χ2v) is 7.10. The van der Waals surface area contributed by atoms with Crippen LogP contribution in [0.1, 0.15) is 51.3 Å². The van der Waals surface area contributed by atoms with Crippen molar-refractivity contribution in [3.05, 3.63) is 35.4 Å². The number of nitrogens with zero attached hydrogens (tertiary/aromatic N) is 1. The minimum absolute atomic E-state index is 0.0288. The highest BCUT2D eigenvalue weighted by Gasteiger charge is 2.33. The van der Waals surface area contributed by atoms with Gasteiger partial charge in [-0.3, -0.25) is 0 Å². The van der Waals surface area contributed by atoms with E-state index in [-0.39, 0.29) is 12.1 Å². The van der Waals surface area contributed by atoms with E-state index in [4.69, 9.17) is 10.5 Å². The summed E-state index contributed by atoms with van der Waals surface area (Å²) in [5.74, 6) is 0.291. The molecule has 2 unspecified atom stereocenters. The summed E-state index contributed by atoms with van der Waals surface area (Å²) in [6.45, 7) is 9.21. The monoisotopic (exact) mass is 304 g/mol. The number of amides is 1. The van der Waals surface area contributed by atoms with E-state index in [0.717, 1.165) is 24.9 Å². The number of aryl methyl sites for hydroxylation is 1. The molecule has 2 atom stereocenters. The third-order valence-corrected chi connectivity index (χ3v) is 4.13. The number of likely N-dealkylation sites (tertiary alicyclic amines) is 1. The molecule has 1 aliphatic rings. The first-order chi connectivity index (χ1) is 10.3. The van der Waals surface area contributed by atoms with Gasteiger partial charge in [-0.25, -0.2) is 4.79 Å². The Kier molecular flexibility index (Phi) is 5.12. The van der Waals surface area contributed by atoms with Crippen molar-refractivity contribution >= 4 is 6.09 Å². The van der Waals surface area contributed by atoms with Crippen LogP contribution in [0.5, 0.6) is 0 Å². The number of hydrogen-bond acceptors (Lipinski definition) is 3. The van der Waals surface area contributed by atoms with Gasteiger partial charge in [-0.05, 0) is 50.7 Å². The maximum Gasteiger partial charge on any atom is 0.410 e. The minimum Gasteiger partial charge on any atom is -0.444 e. The third-order valence-electron chi connectivity index (χ3n) is 4.13. The number of nitrogens with two attached hydrogens (primary N) is 1. The van der Waals surface area contributed by atoms with Crippen LogP contribution in [0.4, 0.5) is 4.79 Å². The summed E-state index contributed by atoms with van der Waals surface area (Å²) in [6, 6.07) is 8.42. The molecule has 1 aromatic rings. The molecule has 1 amide bonds. The molecule has 1 heterocycles. The van der Waals surface area contributed by atoms with Crippen molar-refractivity contribution in [2.75, 3.05) is 13.1 Å². The molecule has 0 aromatic heterocycles. The van der Waals surface area contributed by atoms with E-state index in [1.807, 2.05) is 20.8 Å². The maximum atomic E-state index is 12.1. The van der Waals surface area contributed by atoms with Crippen LogP contribution < -0.4 is 5.73 Å². The van der Waals surface area contributed by atoms with Gasteiger partial charge < -0.3 is 15.4 Å². The molecular weight excluding hydrogens is 276 g/mol. The lowest BCUT2D eigenvalue weighted by atomic mass is 9.92. The molecular formula is C18H28N2O2. The minimum atomic E-state index is -0.452. The zero-order valence-electron chi connectivity index (χ0n) is 14.1. The van der Waals surface area contributed by atoms with Crippen LogP contribution in [0.2, 0.25) is 0 Å². The maximum absolute atomic E-state index is 12.1. The molecule has 0 saturated carbocycles. The van der Waals surface area contributed by atoms with Crippen molar-refractivity contribution in [1.82, 2.24) is 4.90 Å². The molecule has 4 nitrogen and oxygen atoms in total. The van der Waals surface area contributed by atoms with Gasteiger partial charge in [0.15, 0.2) is 0 Å². The van der Waals surface area contributed by atoms with Gasteiger partial charge in [0.2, 0.25) is 0 Å². The average Bonchev–Trinajstić information content (AvgIpc) is 2.94. The molecule has 122 valence electrons. The van der Waals surface area contributed by atoms with Crippen LogP contribution in [0.15, 0.2) is 24.3 Å². The van der Waals surface area contributed by atoms with E-state index >= 15 is 0 Å². The molecule has 1 saturated heterocycles. The molecule has 0 aliphatic carbocycles. The van der Waals surface area contributed by atoms with Gasteiger partial charge in [-0.15, -0.1) is 0 Å². The quantitative estimate of drug-likeness (QED) is 0.929. The predicted molar refractivity (Wildman–Crippen MR) is 88.7 cm³/mol. The summed E-state index contributed by atoms with van der Waals surface area (Å²) in [4.78, 5) is 13.9. The van der Waals surface area contributed by atoms with Crippen molar-refractivity contribution < 1.29 is 9.53 Å². The van der Waals surface area contributed by atoms with Crippen molar-refractivity contribution in [3.8, 4) is 0 Å². The first-order valence-corrected chi connectivity index (χ1v) is 8.12. The first kappa shape index (κ1) is 16.8. The normalized spacial score (nSPS) is 20.0. The fourth-order valence-corrected chi connectivity index (χ4v) is 2.87. The largest absolute Gasteiger partial charge is 0.444 e. The summed E-state index contributed by atoms with van der Waals surface area (Å²) < 4.78 is 5.44. The van der Waals surface area contributed by atoms with Gasteiger partial charge in [0.1, 0.15) is 5.60 Å². The van der Waals surface area contributed by atoms with Gasteiger partial charge in [-0.1, -0.05) is 31.2 Å². The Labute approximate surface area is 133 Å². The molecule has 1 fully saturated rings. The molecule has 2 rings (SSSR count). The Morgan fingerprint density at radius 1 is 1.45 bits per heavy atom. The average molecular weight is 304 g/mol. The SMILES string of the molecule is CCc1cccc(C(N)C2CCN(C(=O)OC(C)(C)C)C2)c1. The molecule has 0 spiro atoms. The van der Waals surface area contributed by atoms with Crippen molar-refractivity contribution in [2.24, 2.45) is 11.7 Å². The summed E-state index contributed by atoms with van der Waals surface area (Å²) in [5.41, 5.74) is 8.45. The Hall–Kier alpha value is -1.55. The van der Waals surface area contributed by atoms with Crippen molar-refractivity contribution in [2.45, 2.75) is 52.2 Å². The van der Waals surface area contributed by atoms with E-state index in [0.29, 0.717) is 12.5 Å². The smallest absolute Gasteiger partial charge is 0.410 e. The molecule has 1 aliphatic heterocycles. The highest BCUT2D eigenvalue weighted by molar-refractivity contribution is 5.68. The topological polar surface area (TPSA) is 55.6 Å². The lowest BCUT2D eigenvalue weighted by Crippen LogP contribution is -2.36. The highest BCUT2D eigenvalue weighted by Crippen LogP contribution is 2.29. The Morgan fingerprint density at radius 3 is 2.82 bits per heavy atom. The van der Waals surface area contributed by atoms with Crippen LogP contribution in [0.3, 0.4) is 0 Å². The molecule has 1 aromatic carbocycles. The first-order valence-electron chi connectivity index (χ1n) is 8.12. The van der Waals surface area contributed by atoms with Gasteiger partial charge in [-0.2, -0.15) is 0 Å². The van der Waals surface area contributed by atoms with Crippen molar-refractivity contribution in [1.29, 1.82) is 0 Å². The Morgan fingerprint density at radius 2 is 2.18 bits per heavy atom. The van der Waals surface area contributed by atoms with E-state index in [1.165, 1.54) is 5.56 Å². The molecule has 0 radical (unpaired) electrons. The Balaban J connectivity index is 1.98. The molecule has 22 heavy (non-hydrogen) atoms. The van der Waals surface area contributed by atoms with E-state index in [9.17, 15) is 4.79 Å². The summed E-state index contributed by atoms with van der Waals surface area (Å²) in [6.07, 6.45) is 1.70. The number of benzene rings is 1. The summed E-state index contributed by atoms with van der Waals surface area (Å²) >= 11 is 0. The lowest BCUT2D eigenvalue weighted by Gasteiger charge is -2.25. The second-order valence-electron chi connectivity index (χ2n) is 7.10. The van der Waals surface area contributed by atoms with E-state index in [1.54, 1.807) is 4.90 Å². The van der Waals surface area contributed by atoms with Gasteiger partial charge in [0.25, 0.3) is 0 Å². The van der Waals surface area contributed by atoms with Gasteiger partial charge >= 0.3 is 6.09 Å². The van der Waals surface area contributed by atoms with Crippen LogP contribution in [0.25, 0.3) is 0 Å². The summed E-state index contributed by atoms with van der Waals surface area (Å²) in [5, 5.41) is 0. The number of hydrogen-bond donors (Lipinski definition) is 1. The standard InChI is InChI=1S/C18H28N2O2/c1-5-13-7-6-8-14(11-13)16(19)15-9-10-20(12-15)17(21)22-18(2,3)4/h6-8,11,15-16H,5,9-10,12,19H2,1-4H3. The molecule has 0 bridgehead atoms. The lowest BCUT2D eigenvalue weighted by molar-refractivity contribution is 0.0286. The second kappa shape index (κ2) is 6.69. The van der Waals surface area contributed by atoms with Crippen LogP contribution >= 0.6 is 0 Å². The number of ether oxygens (including phenoxy) is 1. The van der Waals surface area contributed by atoms with Crippen LogP contribution in [-0.2, 0) is 11.2 Å². The number of rotatable bonds is 3. The third kappa shape index (κ3) is 4.23. The van der Waals surface area contributed by atoms with Crippen molar-refractivity contribution in [3.63, 3.8) is 0 Å². The van der Waals surface area contributed by atoms with Crippen LogP contribution in [0, 0.1) is 5.92 Å². The summed E-state index contributed by atoms with van der Waals surface area (Å²) in [7, 11) is 0. The fourth-order valence-electron chi connectivity index (χ4n) is 2.87. The Bertz CT molecular complexity index is 522. The molecule has 2 N–H and O–H groups in total. The fraction of sp³-hybridized carbons (Fsp3) is 0.611. The zero-order valence-corrected chi connectivity index (χ0v) is 14.1. The molecule has 4 heteroatoms. The van der Waals surface area contributed by atoms with E-state index in [2.05, 4.69) is 31.2 Å².